The number of rotatable bonds is 5. The van der Waals surface area contributed by atoms with Crippen molar-refractivity contribution in [2.45, 2.75) is 19.4 Å². The smallest absolute Gasteiger partial charge is 0.131 e. The number of benzene rings is 3. The average molecular weight is 331 g/mol. The van der Waals surface area contributed by atoms with E-state index < -0.39 is 0 Å². The topological polar surface area (TPSA) is 44.7 Å². The molecule has 0 aliphatic carbocycles. The van der Waals surface area contributed by atoms with Gasteiger partial charge in [0.2, 0.25) is 0 Å². The standard InChI is InChI=1S/C21H21N3O/c25-23-20-13-16(7-10-21(20)24-11-3-4-12-24)15-22-19-9-8-17-5-1-2-6-18(17)14-19/h1-2,5-10,13-14,22H,3-4,11-12,15H2. The second-order valence-corrected chi connectivity index (χ2v) is 6.52. The zero-order valence-electron chi connectivity index (χ0n) is 14.1. The van der Waals surface area contributed by atoms with Crippen LogP contribution in [0, 0.1) is 4.91 Å². The van der Waals surface area contributed by atoms with E-state index in [0.717, 1.165) is 30.0 Å². The van der Waals surface area contributed by atoms with Gasteiger partial charge in [-0.3, -0.25) is 0 Å². The molecular formula is C21H21N3O. The summed E-state index contributed by atoms with van der Waals surface area (Å²) in [5.74, 6) is 0. The summed E-state index contributed by atoms with van der Waals surface area (Å²) >= 11 is 0. The van der Waals surface area contributed by atoms with E-state index in [9.17, 15) is 4.91 Å². The second-order valence-electron chi connectivity index (χ2n) is 6.52. The summed E-state index contributed by atoms with van der Waals surface area (Å²) in [6, 6.07) is 20.7. The van der Waals surface area contributed by atoms with E-state index in [-0.39, 0.29) is 0 Å². The van der Waals surface area contributed by atoms with E-state index in [4.69, 9.17) is 0 Å². The molecule has 4 heteroatoms. The summed E-state index contributed by atoms with van der Waals surface area (Å²) in [5.41, 5.74) is 3.63. The SMILES string of the molecule is O=Nc1cc(CNc2ccc3ccccc3c2)ccc1N1CCCC1. The molecule has 0 unspecified atom stereocenters. The van der Waals surface area contributed by atoms with Crippen molar-refractivity contribution in [1.29, 1.82) is 0 Å². The largest absolute Gasteiger partial charge is 0.381 e. The van der Waals surface area contributed by atoms with Crippen LogP contribution in [0.25, 0.3) is 10.8 Å². The molecule has 126 valence electrons. The van der Waals surface area contributed by atoms with Gasteiger partial charge in [0.25, 0.3) is 0 Å². The Morgan fingerprint density at radius 3 is 2.52 bits per heavy atom. The predicted molar refractivity (Wildman–Crippen MR) is 105 cm³/mol. The number of hydrogen-bond donors (Lipinski definition) is 1. The Labute approximate surface area is 147 Å². The monoisotopic (exact) mass is 331 g/mol. The van der Waals surface area contributed by atoms with E-state index in [1.165, 1.54) is 23.6 Å². The van der Waals surface area contributed by atoms with Crippen LogP contribution in [0.1, 0.15) is 18.4 Å². The quantitative estimate of drug-likeness (QED) is 0.632. The number of nitrogens with one attached hydrogen (secondary N) is 1. The lowest BCUT2D eigenvalue weighted by Crippen LogP contribution is -2.17. The molecule has 1 N–H and O–H groups in total. The highest BCUT2D eigenvalue weighted by molar-refractivity contribution is 5.85. The van der Waals surface area contributed by atoms with Crippen LogP contribution in [0.15, 0.2) is 65.8 Å². The molecule has 0 spiro atoms. The third-order valence-corrected chi connectivity index (χ3v) is 4.83. The third-order valence-electron chi connectivity index (χ3n) is 4.83. The number of hydrogen-bond acceptors (Lipinski definition) is 4. The molecule has 1 aliphatic rings. The summed E-state index contributed by atoms with van der Waals surface area (Å²) in [7, 11) is 0. The molecule has 1 saturated heterocycles. The van der Waals surface area contributed by atoms with Gasteiger partial charge >= 0.3 is 0 Å². The van der Waals surface area contributed by atoms with E-state index in [2.05, 4.69) is 51.8 Å². The lowest BCUT2D eigenvalue weighted by molar-refractivity contribution is 0.949. The van der Waals surface area contributed by atoms with Crippen molar-refractivity contribution < 1.29 is 0 Å². The molecule has 3 aromatic carbocycles. The summed E-state index contributed by atoms with van der Waals surface area (Å²) in [4.78, 5) is 13.5. The molecule has 1 heterocycles. The molecule has 3 aromatic rings. The fourth-order valence-electron chi connectivity index (χ4n) is 3.48. The molecule has 4 rings (SSSR count). The zero-order valence-corrected chi connectivity index (χ0v) is 14.1. The van der Waals surface area contributed by atoms with Crippen LogP contribution in [0.4, 0.5) is 17.1 Å². The first-order valence-corrected chi connectivity index (χ1v) is 8.77. The Bertz CT molecular complexity index is 901. The number of nitroso groups, excluding NO2 is 1. The number of nitrogens with zero attached hydrogens (tertiary/aromatic N) is 2. The minimum Gasteiger partial charge on any atom is -0.381 e. The first kappa shape index (κ1) is 15.6. The Kier molecular flexibility index (Phi) is 4.34. The highest BCUT2D eigenvalue weighted by Gasteiger charge is 2.16. The van der Waals surface area contributed by atoms with Crippen molar-refractivity contribution >= 4 is 27.8 Å². The number of fused-ring (bicyclic) bond motifs is 1. The summed E-state index contributed by atoms with van der Waals surface area (Å²) in [5, 5.41) is 9.14. The minimum absolute atomic E-state index is 0.541. The van der Waals surface area contributed by atoms with Crippen LogP contribution in [0.2, 0.25) is 0 Å². The molecule has 1 aliphatic heterocycles. The maximum atomic E-state index is 11.3. The Morgan fingerprint density at radius 1 is 0.920 bits per heavy atom. The Morgan fingerprint density at radius 2 is 1.72 bits per heavy atom. The molecular weight excluding hydrogens is 310 g/mol. The van der Waals surface area contributed by atoms with Gasteiger partial charge in [0.15, 0.2) is 0 Å². The van der Waals surface area contributed by atoms with Gasteiger partial charge in [-0.1, -0.05) is 36.4 Å². The highest BCUT2D eigenvalue weighted by Crippen LogP contribution is 2.32. The lowest BCUT2D eigenvalue weighted by Gasteiger charge is -2.19. The molecule has 0 atom stereocenters. The van der Waals surface area contributed by atoms with Crippen molar-refractivity contribution in [2.75, 3.05) is 23.3 Å². The molecule has 0 saturated carbocycles. The minimum atomic E-state index is 0.541. The molecule has 0 aromatic heterocycles. The van der Waals surface area contributed by atoms with Crippen molar-refractivity contribution in [1.82, 2.24) is 0 Å². The van der Waals surface area contributed by atoms with Crippen LogP contribution in [-0.2, 0) is 6.54 Å². The van der Waals surface area contributed by atoms with Crippen LogP contribution in [0.3, 0.4) is 0 Å². The van der Waals surface area contributed by atoms with Gasteiger partial charge in [-0.2, -0.15) is 0 Å². The van der Waals surface area contributed by atoms with Crippen molar-refractivity contribution in [3.63, 3.8) is 0 Å². The van der Waals surface area contributed by atoms with E-state index in [1.54, 1.807) is 0 Å². The number of anilines is 2. The van der Waals surface area contributed by atoms with Gasteiger partial charge in [-0.15, -0.1) is 4.91 Å². The van der Waals surface area contributed by atoms with Crippen LogP contribution < -0.4 is 10.2 Å². The van der Waals surface area contributed by atoms with Gasteiger partial charge in [0.1, 0.15) is 5.69 Å². The second kappa shape index (κ2) is 6.93. The average Bonchev–Trinajstić information content (AvgIpc) is 3.20. The van der Waals surface area contributed by atoms with Crippen molar-refractivity contribution in [3.05, 3.63) is 71.1 Å². The van der Waals surface area contributed by atoms with Gasteiger partial charge in [0, 0.05) is 25.3 Å². The molecule has 0 amide bonds. The third kappa shape index (κ3) is 3.33. The van der Waals surface area contributed by atoms with Gasteiger partial charge in [-0.05, 0) is 58.6 Å². The maximum absolute atomic E-state index is 11.3. The molecule has 1 fully saturated rings. The highest BCUT2D eigenvalue weighted by atomic mass is 16.3. The Hall–Kier alpha value is -2.88. The van der Waals surface area contributed by atoms with Gasteiger partial charge in [-0.25, -0.2) is 0 Å². The van der Waals surface area contributed by atoms with Crippen molar-refractivity contribution in [2.24, 2.45) is 5.18 Å². The van der Waals surface area contributed by atoms with Gasteiger partial charge in [0.05, 0.1) is 5.69 Å². The lowest BCUT2D eigenvalue weighted by atomic mass is 10.1. The van der Waals surface area contributed by atoms with E-state index >= 15 is 0 Å². The van der Waals surface area contributed by atoms with E-state index in [0.29, 0.717) is 12.2 Å². The van der Waals surface area contributed by atoms with Crippen molar-refractivity contribution in [3.8, 4) is 0 Å². The van der Waals surface area contributed by atoms with Gasteiger partial charge < -0.3 is 10.2 Å². The molecule has 25 heavy (non-hydrogen) atoms. The van der Waals surface area contributed by atoms with E-state index in [1.807, 2.05) is 24.3 Å². The Balaban J connectivity index is 1.50. The molecule has 0 bridgehead atoms. The molecule has 0 radical (unpaired) electrons. The normalized spacial score (nSPS) is 14.0. The fraction of sp³-hybridized carbons (Fsp3) is 0.238. The summed E-state index contributed by atoms with van der Waals surface area (Å²) < 4.78 is 0. The summed E-state index contributed by atoms with van der Waals surface area (Å²) in [6.45, 7) is 2.69. The first-order valence-electron chi connectivity index (χ1n) is 8.77. The van der Waals surface area contributed by atoms with Crippen LogP contribution in [-0.4, -0.2) is 13.1 Å². The molecule has 4 nitrogen and oxygen atoms in total. The zero-order chi connectivity index (χ0) is 17.1. The van der Waals surface area contributed by atoms with Crippen LogP contribution >= 0.6 is 0 Å². The van der Waals surface area contributed by atoms with Crippen LogP contribution in [0.5, 0.6) is 0 Å². The first-order chi connectivity index (χ1) is 12.3. The maximum Gasteiger partial charge on any atom is 0.131 e. The summed E-state index contributed by atoms with van der Waals surface area (Å²) in [6.07, 6.45) is 2.37. The predicted octanol–water partition coefficient (Wildman–Crippen LogP) is 5.45. The fourth-order valence-corrected chi connectivity index (χ4v) is 3.48.